The Bertz CT molecular complexity index is 345. The third kappa shape index (κ3) is 2.53. The first-order chi connectivity index (χ1) is 7.72. The normalized spacial score (nSPS) is 15.5. The molecule has 2 rings (SSSR count). The van der Waals surface area contributed by atoms with E-state index in [4.69, 9.17) is 5.73 Å². The van der Waals surface area contributed by atoms with Gasteiger partial charge in [0.15, 0.2) is 0 Å². The van der Waals surface area contributed by atoms with Crippen LogP contribution in [0.3, 0.4) is 0 Å². The number of nitrogens with zero attached hydrogens (tertiary/aromatic N) is 2. The number of nitrogens with two attached hydrogens (primary N) is 1. The van der Waals surface area contributed by atoms with Gasteiger partial charge in [-0.15, -0.1) is 0 Å². The van der Waals surface area contributed by atoms with Crippen LogP contribution in [0.4, 0.5) is 5.82 Å². The van der Waals surface area contributed by atoms with E-state index in [1.54, 1.807) is 0 Å². The Balaban J connectivity index is 2.19. The number of hydrogen-bond donors (Lipinski definition) is 1. The van der Waals surface area contributed by atoms with Crippen LogP contribution in [0.25, 0.3) is 0 Å². The Labute approximate surface area is 97.7 Å². The molecule has 1 heterocycles. The van der Waals surface area contributed by atoms with Crippen LogP contribution in [0.2, 0.25) is 0 Å². The number of aromatic nitrogens is 1. The second kappa shape index (κ2) is 4.83. The summed E-state index contributed by atoms with van der Waals surface area (Å²) in [6.45, 7) is 5.91. The fourth-order valence-corrected chi connectivity index (χ4v) is 2.04. The van der Waals surface area contributed by atoms with E-state index >= 15 is 0 Å². The van der Waals surface area contributed by atoms with Crippen molar-refractivity contribution < 1.29 is 0 Å². The molecule has 1 aliphatic carbocycles. The summed E-state index contributed by atoms with van der Waals surface area (Å²) in [5, 5.41) is 0. The fraction of sp³-hybridized carbons (Fsp3) is 0.615. The van der Waals surface area contributed by atoms with E-state index in [1.165, 1.54) is 18.4 Å². The molecule has 1 aromatic rings. The van der Waals surface area contributed by atoms with Crippen molar-refractivity contribution in [3.05, 3.63) is 23.9 Å². The molecule has 0 spiro atoms. The summed E-state index contributed by atoms with van der Waals surface area (Å²) in [6, 6.07) is 4.82. The van der Waals surface area contributed by atoms with Crippen LogP contribution in [0.1, 0.15) is 38.2 Å². The van der Waals surface area contributed by atoms with Crippen LogP contribution in [0.15, 0.2) is 18.3 Å². The quantitative estimate of drug-likeness (QED) is 0.825. The molecule has 0 saturated heterocycles. The molecule has 3 heteroatoms. The molecule has 16 heavy (non-hydrogen) atoms. The number of pyridine rings is 1. The molecule has 1 aromatic heterocycles. The Morgan fingerprint density at radius 1 is 1.50 bits per heavy atom. The molecule has 3 nitrogen and oxygen atoms in total. The van der Waals surface area contributed by atoms with Crippen molar-refractivity contribution in [2.24, 2.45) is 5.73 Å². The smallest absolute Gasteiger partial charge is 0.129 e. The zero-order valence-corrected chi connectivity index (χ0v) is 10.2. The van der Waals surface area contributed by atoms with E-state index in [0.717, 1.165) is 18.3 Å². The fourth-order valence-electron chi connectivity index (χ4n) is 2.04. The standard InChI is InChI=1S/C13H21N3/c1-10(2)16(8-6-14)13-9-12(5-7-15-13)11-3-4-11/h5,7,9-11H,3-4,6,8,14H2,1-2H3. The van der Waals surface area contributed by atoms with E-state index < -0.39 is 0 Å². The Hall–Kier alpha value is -1.09. The molecule has 0 atom stereocenters. The molecule has 1 fully saturated rings. The maximum absolute atomic E-state index is 5.65. The van der Waals surface area contributed by atoms with Gasteiger partial charge < -0.3 is 10.6 Å². The molecule has 0 bridgehead atoms. The van der Waals surface area contributed by atoms with Crippen LogP contribution in [-0.4, -0.2) is 24.1 Å². The van der Waals surface area contributed by atoms with E-state index in [-0.39, 0.29) is 0 Å². The predicted molar refractivity (Wildman–Crippen MR) is 67.7 cm³/mol. The Morgan fingerprint density at radius 3 is 2.81 bits per heavy atom. The minimum atomic E-state index is 0.450. The minimum Gasteiger partial charge on any atom is -0.353 e. The summed E-state index contributed by atoms with van der Waals surface area (Å²) in [5.74, 6) is 1.86. The van der Waals surface area contributed by atoms with Crippen molar-refractivity contribution in [1.29, 1.82) is 0 Å². The Kier molecular flexibility index (Phi) is 3.44. The van der Waals surface area contributed by atoms with Crippen molar-refractivity contribution in [3.63, 3.8) is 0 Å². The van der Waals surface area contributed by atoms with E-state index in [1.807, 2.05) is 6.20 Å². The highest BCUT2D eigenvalue weighted by molar-refractivity contribution is 5.43. The molecule has 0 aromatic carbocycles. The number of hydrogen-bond acceptors (Lipinski definition) is 3. The lowest BCUT2D eigenvalue weighted by molar-refractivity contribution is 0.674. The molecule has 1 aliphatic rings. The van der Waals surface area contributed by atoms with Crippen molar-refractivity contribution in [3.8, 4) is 0 Å². The van der Waals surface area contributed by atoms with Gasteiger partial charge in [-0.1, -0.05) is 0 Å². The number of rotatable bonds is 5. The minimum absolute atomic E-state index is 0.450. The van der Waals surface area contributed by atoms with Crippen LogP contribution < -0.4 is 10.6 Å². The van der Waals surface area contributed by atoms with Crippen molar-refractivity contribution in [2.45, 2.75) is 38.6 Å². The zero-order valence-electron chi connectivity index (χ0n) is 10.2. The highest BCUT2D eigenvalue weighted by atomic mass is 15.2. The van der Waals surface area contributed by atoms with Gasteiger partial charge in [-0.2, -0.15) is 0 Å². The maximum atomic E-state index is 5.65. The van der Waals surface area contributed by atoms with Crippen molar-refractivity contribution >= 4 is 5.82 Å². The van der Waals surface area contributed by atoms with Crippen LogP contribution in [0, 0.1) is 0 Å². The third-order valence-corrected chi connectivity index (χ3v) is 3.11. The average molecular weight is 219 g/mol. The molecular weight excluding hydrogens is 198 g/mol. The lowest BCUT2D eigenvalue weighted by atomic mass is 10.1. The predicted octanol–water partition coefficient (Wildman–Crippen LogP) is 2.13. The van der Waals surface area contributed by atoms with Crippen molar-refractivity contribution in [2.75, 3.05) is 18.0 Å². The second-order valence-corrected chi connectivity index (χ2v) is 4.80. The van der Waals surface area contributed by atoms with Crippen molar-refractivity contribution in [1.82, 2.24) is 4.98 Å². The summed E-state index contributed by atoms with van der Waals surface area (Å²) >= 11 is 0. The monoisotopic (exact) mass is 219 g/mol. The molecule has 0 aliphatic heterocycles. The molecule has 0 amide bonds. The largest absolute Gasteiger partial charge is 0.353 e. The van der Waals surface area contributed by atoms with Gasteiger partial charge in [-0.05, 0) is 50.3 Å². The van der Waals surface area contributed by atoms with Gasteiger partial charge in [0.1, 0.15) is 5.82 Å². The molecule has 1 saturated carbocycles. The SMILES string of the molecule is CC(C)N(CCN)c1cc(C2CC2)ccn1. The highest BCUT2D eigenvalue weighted by Crippen LogP contribution is 2.40. The lowest BCUT2D eigenvalue weighted by Crippen LogP contribution is -2.36. The first-order valence-electron chi connectivity index (χ1n) is 6.15. The molecule has 0 unspecified atom stereocenters. The van der Waals surface area contributed by atoms with E-state index in [9.17, 15) is 0 Å². The summed E-state index contributed by atoms with van der Waals surface area (Å²) in [4.78, 5) is 6.73. The van der Waals surface area contributed by atoms with Gasteiger partial charge >= 0.3 is 0 Å². The summed E-state index contributed by atoms with van der Waals surface area (Å²) in [5.41, 5.74) is 7.08. The molecule has 2 N–H and O–H groups in total. The summed E-state index contributed by atoms with van der Waals surface area (Å²) < 4.78 is 0. The van der Waals surface area contributed by atoms with Crippen LogP contribution >= 0.6 is 0 Å². The van der Waals surface area contributed by atoms with Gasteiger partial charge in [0.05, 0.1) is 0 Å². The topological polar surface area (TPSA) is 42.1 Å². The highest BCUT2D eigenvalue weighted by Gasteiger charge is 2.24. The zero-order chi connectivity index (χ0) is 11.5. The first kappa shape index (κ1) is 11.4. The van der Waals surface area contributed by atoms with E-state index in [2.05, 4.69) is 35.9 Å². The van der Waals surface area contributed by atoms with Gasteiger partial charge in [0.2, 0.25) is 0 Å². The van der Waals surface area contributed by atoms with Crippen LogP contribution in [0.5, 0.6) is 0 Å². The second-order valence-electron chi connectivity index (χ2n) is 4.80. The van der Waals surface area contributed by atoms with Gasteiger partial charge in [-0.25, -0.2) is 4.98 Å². The van der Waals surface area contributed by atoms with E-state index in [0.29, 0.717) is 12.6 Å². The summed E-state index contributed by atoms with van der Waals surface area (Å²) in [7, 11) is 0. The summed E-state index contributed by atoms with van der Waals surface area (Å²) in [6.07, 6.45) is 4.60. The van der Waals surface area contributed by atoms with Gasteiger partial charge in [-0.3, -0.25) is 0 Å². The lowest BCUT2D eigenvalue weighted by Gasteiger charge is -2.27. The third-order valence-electron chi connectivity index (χ3n) is 3.11. The average Bonchev–Trinajstić information content (AvgIpc) is 3.09. The Morgan fingerprint density at radius 2 is 2.25 bits per heavy atom. The maximum Gasteiger partial charge on any atom is 0.129 e. The van der Waals surface area contributed by atoms with Gasteiger partial charge in [0, 0.05) is 25.3 Å². The first-order valence-corrected chi connectivity index (χ1v) is 6.15. The number of anilines is 1. The van der Waals surface area contributed by atoms with Crippen LogP contribution in [-0.2, 0) is 0 Å². The molecule has 0 radical (unpaired) electrons. The van der Waals surface area contributed by atoms with Gasteiger partial charge in [0.25, 0.3) is 0 Å². The molecule has 88 valence electrons. The molecular formula is C13H21N3.